The highest BCUT2D eigenvalue weighted by Gasteiger charge is 2.21. The predicted octanol–water partition coefficient (Wildman–Crippen LogP) is 0.201. The van der Waals surface area contributed by atoms with Gasteiger partial charge >= 0.3 is 0 Å². The number of nitrogens with zero attached hydrogens (tertiary/aromatic N) is 3. The van der Waals surface area contributed by atoms with Gasteiger partial charge in [0.15, 0.2) is 0 Å². The Morgan fingerprint density at radius 2 is 2.50 bits per heavy atom. The van der Waals surface area contributed by atoms with Gasteiger partial charge in [0.1, 0.15) is 5.82 Å². The molecule has 0 bridgehead atoms. The monoisotopic (exact) mass is 194 g/mol. The maximum absolute atomic E-state index is 5.65. The highest BCUT2D eigenvalue weighted by molar-refractivity contribution is 4.92. The quantitative estimate of drug-likeness (QED) is 0.747. The largest absolute Gasteiger partial charge is 0.337 e. The standard InChI is InChI=1S/C10H18N4/c1-13-5-3-12-10(13)8-14-4-2-9(6-11)7-14/h3,5,9H,2,4,6-8,11H2,1H3. The van der Waals surface area contributed by atoms with Gasteiger partial charge in [-0.2, -0.15) is 0 Å². The molecule has 1 aromatic heterocycles. The zero-order chi connectivity index (χ0) is 9.97. The molecule has 2 N–H and O–H groups in total. The second kappa shape index (κ2) is 4.11. The van der Waals surface area contributed by atoms with Crippen molar-refractivity contribution in [2.45, 2.75) is 13.0 Å². The summed E-state index contributed by atoms with van der Waals surface area (Å²) in [5.74, 6) is 1.83. The molecule has 0 amide bonds. The Morgan fingerprint density at radius 3 is 3.07 bits per heavy atom. The fourth-order valence-corrected chi connectivity index (χ4v) is 2.00. The molecule has 0 radical (unpaired) electrons. The maximum Gasteiger partial charge on any atom is 0.122 e. The number of aryl methyl sites for hydroxylation is 1. The van der Waals surface area contributed by atoms with Crippen molar-refractivity contribution in [3.8, 4) is 0 Å². The van der Waals surface area contributed by atoms with Gasteiger partial charge in [-0.05, 0) is 25.4 Å². The summed E-state index contributed by atoms with van der Waals surface area (Å²) >= 11 is 0. The maximum atomic E-state index is 5.65. The molecule has 1 unspecified atom stereocenters. The highest BCUT2D eigenvalue weighted by Crippen LogP contribution is 2.16. The van der Waals surface area contributed by atoms with Crippen molar-refractivity contribution in [2.75, 3.05) is 19.6 Å². The Hall–Kier alpha value is -0.870. The van der Waals surface area contributed by atoms with Crippen LogP contribution in [0.2, 0.25) is 0 Å². The molecule has 2 heterocycles. The summed E-state index contributed by atoms with van der Waals surface area (Å²) in [6.45, 7) is 4.06. The van der Waals surface area contributed by atoms with Gasteiger partial charge in [-0.3, -0.25) is 4.90 Å². The molecule has 1 saturated heterocycles. The number of aromatic nitrogens is 2. The van der Waals surface area contributed by atoms with E-state index in [-0.39, 0.29) is 0 Å². The first-order valence-electron chi connectivity index (χ1n) is 5.18. The predicted molar refractivity (Wildman–Crippen MR) is 55.6 cm³/mol. The van der Waals surface area contributed by atoms with Gasteiger partial charge in [-0.1, -0.05) is 0 Å². The van der Waals surface area contributed by atoms with Gasteiger partial charge in [-0.25, -0.2) is 4.98 Å². The van der Waals surface area contributed by atoms with Crippen molar-refractivity contribution in [1.29, 1.82) is 0 Å². The summed E-state index contributed by atoms with van der Waals surface area (Å²) in [7, 11) is 2.04. The van der Waals surface area contributed by atoms with Crippen LogP contribution in [0.4, 0.5) is 0 Å². The van der Waals surface area contributed by atoms with Crippen molar-refractivity contribution >= 4 is 0 Å². The van der Waals surface area contributed by atoms with Crippen LogP contribution in [0.25, 0.3) is 0 Å². The number of likely N-dealkylation sites (tertiary alicyclic amines) is 1. The van der Waals surface area contributed by atoms with Gasteiger partial charge in [0.25, 0.3) is 0 Å². The SMILES string of the molecule is Cn1ccnc1CN1CCC(CN)C1. The topological polar surface area (TPSA) is 47.1 Å². The third-order valence-corrected chi connectivity index (χ3v) is 2.99. The molecule has 1 aliphatic heterocycles. The molecule has 1 aliphatic rings. The summed E-state index contributed by atoms with van der Waals surface area (Å²) < 4.78 is 2.08. The van der Waals surface area contributed by atoms with E-state index in [2.05, 4.69) is 14.5 Å². The van der Waals surface area contributed by atoms with Crippen LogP contribution in [-0.4, -0.2) is 34.1 Å². The molecule has 78 valence electrons. The molecule has 4 heteroatoms. The summed E-state index contributed by atoms with van der Waals surface area (Å²) in [4.78, 5) is 6.75. The second-order valence-electron chi connectivity index (χ2n) is 4.08. The average molecular weight is 194 g/mol. The minimum Gasteiger partial charge on any atom is -0.337 e. The molecule has 2 rings (SSSR count). The van der Waals surface area contributed by atoms with Crippen LogP contribution in [0.1, 0.15) is 12.2 Å². The molecule has 4 nitrogen and oxygen atoms in total. The minimum absolute atomic E-state index is 0.690. The van der Waals surface area contributed by atoms with Gasteiger partial charge in [0, 0.05) is 26.0 Å². The number of imidazole rings is 1. The summed E-state index contributed by atoms with van der Waals surface area (Å²) in [5, 5.41) is 0. The zero-order valence-electron chi connectivity index (χ0n) is 8.69. The van der Waals surface area contributed by atoms with E-state index >= 15 is 0 Å². The lowest BCUT2D eigenvalue weighted by atomic mass is 10.1. The van der Waals surface area contributed by atoms with E-state index in [0.717, 1.165) is 32.0 Å². The summed E-state index contributed by atoms with van der Waals surface area (Å²) in [6, 6.07) is 0. The molecule has 0 aromatic carbocycles. The normalized spacial score (nSPS) is 23.1. The Kier molecular flexibility index (Phi) is 2.84. The fourth-order valence-electron chi connectivity index (χ4n) is 2.00. The lowest BCUT2D eigenvalue weighted by molar-refractivity contribution is 0.306. The first-order valence-corrected chi connectivity index (χ1v) is 5.18. The van der Waals surface area contributed by atoms with E-state index < -0.39 is 0 Å². The van der Waals surface area contributed by atoms with E-state index in [9.17, 15) is 0 Å². The van der Waals surface area contributed by atoms with Crippen LogP contribution in [0.15, 0.2) is 12.4 Å². The molecular weight excluding hydrogens is 176 g/mol. The van der Waals surface area contributed by atoms with E-state index in [1.807, 2.05) is 19.4 Å². The number of hydrogen-bond donors (Lipinski definition) is 1. The smallest absolute Gasteiger partial charge is 0.122 e. The molecular formula is C10H18N4. The summed E-state index contributed by atoms with van der Waals surface area (Å²) in [6.07, 6.45) is 5.08. The van der Waals surface area contributed by atoms with Gasteiger partial charge in [0.2, 0.25) is 0 Å². The number of nitrogens with two attached hydrogens (primary N) is 1. The lowest BCUT2D eigenvalue weighted by Crippen LogP contribution is -2.24. The van der Waals surface area contributed by atoms with Crippen LogP contribution in [0, 0.1) is 5.92 Å². The van der Waals surface area contributed by atoms with Gasteiger partial charge < -0.3 is 10.3 Å². The minimum atomic E-state index is 0.690. The van der Waals surface area contributed by atoms with Crippen molar-refractivity contribution in [2.24, 2.45) is 18.7 Å². The van der Waals surface area contributed by atoms with Crippen molar-refractivity contribution < 1.29 is 0 Å². The average Bonchev–Trinajstić information content (AvgIpc) is 2.77. The zero-order valence-corrected chi connectivity index (χ0v) is 8.69. The van der Waals surface area contributed by atoms with Crippen LogP contribution >= 0.6 is 0 Å². The molecule has 1 fully saturated rings. The lowest BCUT2D eigenvalue weighted by Gasteiger charge is -2.14. The number of hydrogen-bond acceptors (Lipinski definition) is 3. The molecule has 0 spiro atoms. The molecule has 1 aromatic rings. The molecule has 14 heavy (non-hydrogen) atoms. The van der Waals surface area contributed by atoms with Crippen LogP contribution in [-0.2, 0) is 13.6 Å². The Bertz CT molecular complexity index is 294. The van der Waals surface area contributed by atoms with Crippen molar-refractivity contribution in [3.05, 3.63) is 18.2 Å². The number of rotatable bonds is 3. The molecule has 0 aliphatic carbocycles. The Balaban J connectivity index is 1.90. The van der Waals surface area contributed by atoms with E-state index in [4.69, 9.17) is 5.73 Å². The van der Waals surface area contributed by atoms with Crippen molar-refractivity contribution in [3.63, 3.8) is 0 Å². The van der Waals surface area contributed by atoms with Crippen LogP contribution in [0.3, 0.4) is 0 Å². The van der Waals surface area contributed by atoms with Gasteiger partial charge in [-0.15, -0.1) is 0 Å². The highest BCUT2D eigenvalue weighted by atomic mass is 15.2. The van der Waals surface area contributed by atoms with E-state index in [1.165, 1.54) is 6.42 Å². The molecule has 0 saturated carbocycles. The van der Waals surface area contributed by atoms with Crippen LogP contribution < -0.4 is 5.73 Å². The second-order valence-corrected chi connectivity index (χ2v) is 4.08. The van der Waals surface area contributed by atoms with Gasteiger partial charge in [0.05, 0.1) is 6.54 Å². The van der Waals surface area contributed by atoms with Crippen LogP contribution in [0.5, 0.6) is 0 Å². The first kappa shape index (κ1) is 9.68. The fraction of sp³-hybridized carbons (Fsp3) is 0.700. The van der Waals surface area contributed by atoms with E-state index in [0.29, 0.717) is 5.92 Å². The van der Waals surface area contributed by atoms with E-state index in [1.54, 1.807) is 0 Å². The van der Waals surface area contributed by atoms with Crippen molar-refractivity contribution in [1.82, 2.24) is 14.5 Å². The molecule has 1 atom stereocenters. The summed E-state index contributed by atoms with van der Waals surface area (Å²) in [5.41, 5.74) is 5.65. The Labute approximate surface area is 84.7 Å². The first-order chi connectivity index (χ1) is 6.79. The third-order valence-electron chi connectivity index (χ3n) is 2.99. The third kappa shape index (κ3) is 1.96. The Morgan fingerprint density at radius 1 is 1.64 bits per heavy atom.